The number of hydrogen-bond donors (Lipinski definition) is 3. The Hall–Kier alpha value is -1.66. The first-order valence-corrected chi connectivity index (χ1v) is 3.81. The summed E-state index contributed by atoms with van der Waals surface area (Å²) in [5.41, 5.74) is -0.206. The van der Waals surface area contributed by atoms with Gasteiger partial charge in [-0.3, -0.25) is 10.1 Å². The third-order valence-corrected chi connectivity index (χ3v) is 1.78. The quantitative estimate of drug-likeness (QED) is 0.479. The smallest absolute Gasteiger partial charge is 0.311 e. The highest BCUT2D eigenvalue weighted by molar-refractivity contribution is 5.52. The van der Waals surface area contributed by atoms with Gasteiger partial charge in [0.25, 0.3) is 0 Å². The van der Waals surface area contributed by atoms with Crippen molar-refractivity contribution in [3.63, 3.8) is 0 Å². The molecule has 0 aliphatic carbocycles. The van der Waals surface area contributed by atoms with E-state index in [4.69, 9.17) is 10.2 Å². The Kier molecular flexibility index (Phi) is 3.00. The second kappa shape index (κ2) is 4.03. The Balaban J connectivity index is 3.34. The van der Waals surface area contributed by atoms with Crippen LogP contribution in [0.4, 0.5) is 5.69 Å². The van der Waals surface area contributed by atoms with E-state index in [2.05, 4.69) is 0 Å². The third-order valence-electron chi connectivity index (χ3n) is 1.78. The van der Waals surface area contributed by atoms with Gasteiger partial charge in [-0.1, -0.05) is 0 Å². The Bertz CT molecular complexity index is 363. The molecule has 1 aromatic rings. The van der Waals surface area contributed by atoms with Crippen LogP contribution in [-0.2, 0) is 13.2 Å². The number of hydrogen-bond acceptors (Lipinski definition) is 5. The average Bonchev–Trinajstić information content (AvgIpc) is 2.17. The standard InChI is InChI=1S/C8H9NO5/c10-3-5-1-6(4-11)8(12)7(2-5)9(13)14/h1-2,10-12H,3-4H2. The highest BCUT2D eigenvalue weighted by Gasteiger charge is 2.18. The summed E-state index contributed by atoms with van der Waals surface area (Å²) in [5.74, 6) is -0.560. The zero-order chi connectivity index (χ0) is 10.7. The Morgan fingerprint density at radius 1 is 1.29 bits per heavy atom. The van der Waals surface area contributed by atoms with Gasteiger partial charge in [0, 0.05) is 11.6 Å². The Morgan fingerprint density at radius 2 is 1.93 bits per heavy atom. The first-order valence-electron chi connectivity index (χ1n) is 3.81. The van der Waals surface area contributed by atoms with Crippen molar-refractivity contribution in [2.75, 3.05) is 0 Å². The summed E-state index contributed by atoms with van der Waals surface area (Å²) in [6.07, 6.45) is 0. The number of aromatic hydroxyl groups is 1. The lowest BCUT2D eigenvalue weighted by Gasteiger charge is -2.04. The third kappa shape index (κ3) is 1.81. The van der Waals surface area contributed by atoms with Gasteiger partial charge in [-0.15, -0.1) is 0 Å². The second-order valence-electron chi connectivity index (χ2n) is 2.70. The lowest BCUT2D eigenvalue weighted by atomic mass is 10.1. The molecule has 0 amide bonds. The van der Waals surface area contributed by atoms with Crippen LogP contribution in [0, 0.1) is 10.1 Å². The highest BCUT2D eigenvalue weighted by Crippen LogP contribution is 2.31. The molecule has 0 aromatic heterocycles. The predicted octanol–water partition coefficient (Wildman–Crippen LogP) is 0.285. The van der Waals surface area contributed by atoms with Crippen LogP contribution in [0.2, 0.25) is 0 Å². The van der Waals surface area contributed by atoms with Gasteiger partial charge < -0.3 is 15.3 Å². The maximum atomic E-state index is 10.4. The van der Waals surface area contributed by atoms with E-state index in [1.54, 1.807) is 0 Å². The molecule has 0 atom stereocenters. The molecule has 0 bridgehead atoms. The zero-order valence-corrected chi connectivity index (χ0v) is 7.17. The second-order valence-corrected chi connectivity index (χ2v) is 2.70. The van der Waals surface area contributed by atoms with Gasteiger partial charge in [0.05, 0.1) is 18.1 Å². The lowest BCUT2D eigenvalue weighted by molar-refractivity contribution is -0.386. The molecule has 14 heavy (non-hydrogen) atoms. The molecule has 0 heterocycles. The van der Waals surface area contributed by atoms with Crippen molar-refractivity contribution in [2.45, 2.75) is 13.2 Å². The number of rotatable bonds is 3. The van der Waals surface area contributed by atoms with E-state index < -0.39 is 23.0 Å². The first-order chi connectivity index (χ1) is 6.60. The molecule has 6 heteroatoms. The summed E-state index contributed by atoms with van der Waals surface area (Å²) in [6.45, 7) is -0.894. The van der Waals surface area contributed by atoms with E-state index in [1.807, 2.05) is 0 Å². The monoisotopic (exact) mass is 199 g/mol. The summed E-state index contributed by atoms with van der Waals surface area (Å²) >= 11 is 0. The number of phenols is 1. The molecule has 0 unspecified atom stereocenters. The fraction of sp³-hybridized carbons (Fsp3) is 0.250. The lowest BCUT2D eigenvalue weighted by Crippen LogP contribution is -1.96. The molecule has 0 radical (unpaired) electrons. The van der Waals surface area contributed by atoms with Crippen LogP contribution in [-0.4, -0.2) is 20.2 Å². The maximum Gasteiger partial charge on any atom is 0.311 e. The van der Waals surface area contributed by atoms with Gasteiger partial charge in [0.15, 0.2) is 5.75 Å². The number of nitro groups is 1. The predicted molar refractivity (Wildman–Crippen MR) is 46.6 cm³/mol. The fourth-order valence-corrected chi connectivity index (χ4v) is 1.09. The molecule has 0 fully saturated rings. The average molecular weight is 199 g/mol. The maximum absolute atomic E-state index is 10.4. The summed E-state index contributed by atoms with van der Waals surface area (Å²) in [7, 11) is 0. The minimum atomic E-state index is -0.770. The van der Waals surface area contributed by atoms with Crippen LogP contribution in [0.1, 0.15) is 11.1 Å². The number of nitrogens with zero attached hydrogens (tertiary/aromatic N) is 1. The van der Waals surface area contributed by atoms with E-state index in [9.17, 15) is 15.2 Å². The molecule has 0 saturated carbocycles. The molecule has 0 aliphatic rings. The molecular weight excluding hydrogens is 190 g/mol. The van der Waals surface area contributed by atoms with Crippen LogP contribution in [0.15, 0.2) is 12.1 Å². The number of aliphatic hydroxyl groups is 2. The van der Waals surface area contributed by atoms with Gasteiger partial charge in [0.1, 0.15) is 0 Å². The van der Waals surface area contributed by atoms with Crippen molar-refractivity contribution in [3.05, 3.63) is 33.4 Å². The van der Waals surface area contributed by atoms with Crippen LogP contribution < -0.4 is 0 Å². The molecular formula is C8H9NO5. The normalized spacial score (nSPS) is 10.1. The van der Waals surface area contributed by atoms with Gasteiger partial charge in [-0.25, -0.2) is 0 Å². The molecule has 1 aromatic carbocycles. The molecule has 3 N–H and O–H groups in total. The fourth-order valence-electron chi connectivity index (χ4n) is 1.09. The largest absolute Gasteiger partial charge is 0.502 e. The van der Waals surface area contributed by atoms with E-state index in [-0.39, 0.29) is 17.7 Å². The van der Waals surface area contributed by atoms with Crippen LogP contribution in [0.3, 0.4) is 0 Å². The Labute approximate surface area is 79.2 Å². The van der Waals surface area contributed by atoms with Crippen molar-refractivity contribution in [1.29, 1.82) is 0 Å². The van der Waals surface area contributed by atoms with Gasteiger partial charge in [-0.05, 0) is 11.6 Å². The van der Waals surface area contributed by atoms with E-state index in [1.165, 1.54) is 6.07 Å². The molecule has 1 rings (SSSR count). The van der Waals surface area contributed by atoms with Crippen LogP contribution in [0.5, 0.6) is 5.75 Å². The zero-order valence-electron chi connectivity index (χ0n) is 7.17. The summed E-state index contributed by atoms with van der Waals surface area (Å²) in [6, 6.07) is 2.37. The van der Waals surface area contributed by atoms with Crippen molar-refractivity contribution in [1.82, 2.24) is 0 Å². The molecule has 0 aliphatic heterocycles. The van der Waals surface area contributed by atoms with Crippen molar-refractivity contribution in [2.24, 2.45) is 0 Å². The summed E-state index contributed by atoms with van der Waals surface area (Å²) in [5, 5.41) is 37.3. The van der Waals surface area contributed by atoms with Crippen LogP contribution >= 0.6 is 0 Å². The first kappa shape index (κ1) is 10.4. The summed E-state index contributed by atoms with van der Waals surface area (Å²) in [4.78, 5) is 9.67. The minimum absolute atomic E-state index is 0.0308. The van der Waals surface area contributed by atoms with E-state index in [0.29, 0.717) is 0 Å². The SMILES string of the molecule is O=[N+]([O-])c1cc(CO)cc(CO)c1O. The minimum Gasteiger partial charge on any atom is -0.502 e. The molecule has 76 valence electrons. The number of benzene rings is 1. The number of aliphatic hydroxyl groups excluding tert-OH is 2. The highest BCUT2D eigenvalue weighted by atomic mass is 16.6. The van der Waals surface area contributed by atoms with Gasteiger partial charge in [0.2, 0.25) is 0 Å². The van der Waals surface area contributed by atoms with Gasteiger partial charge >= 0.3 is 5.69 Å². The van der Waals surface area contributed by atoms with Crippen molar-refractivity contribution < 1.29 is 20.2 Å². The molecule has 0 spiro atoms. The van der Waals surface area contributed by atoms with Gasteiger partial charge in [-0.2, -0.15) is 0 Å². The topological polar surface area (TPSA) is 104 Å². The van der Waals surface area contributed by atoms with Crippen molar-refractivity contribution >= 4 is 5.69 Å². The van der Waals surface area contributed by atoms with E-state index >= 15 is 0 Å². The molecule has 0 saturated heterocycles. The summed E-state index contributed by atoms with van der Waals surface area (Å²) < 4.78 is 0. The van der Waals surface area contributed by atoms with Crippen molar-refractivity contribution in [3.8, 4) is 5.75 Å². The van der Waals surface area contributed by atoms with Crippen LogP contribution in [0.25, 0.3) is 0 Å². The Morgan fingerprint density at radius 3 is 2.36 bits per heavy atom. The van der Waals surface area contributed by atoms with E-state index in [0.717, 1.165) is 6.07 Å². The number of nitro benzene ring substituents is 1. The molecule has 6 nitrogen and oxygen atoms in total.